The van der Waals surface area contributed by atoms with Gasteiger partial charge in [0.2, 0.25) is 0 Å². The van der Waals surface area contributed by atoms with Crippen LogP contribution in [0.25, 0.3) is 6.08 Å². The van der Waals surface area contributed by atoms with Gasteiger partial charge in [0.15, 0.2) is 0 Å². The number of rotatable bonds is 4. The molecule has 0 fully saturated rings. The zero-order chi connectivity index (χ0) is 17.2. The van der Waals surface area contributed by atoms with Gasteiger partial charge in [-0.3, -0.25) is 0 Å². The highest BCUT2D eigenvalue weighted by Gasteiger charge is 2.33. The SMILES string of the molecule is Cc1ccc(/C=C/C(c2ccc(Cl)c(Cl)c2)C(C)(F)F)cc1Br. The Labute approximate surface area is 153 Å². The van der Waals surface area contributed by atoms with E-state index in [1.807, 2.05) is 25.1 Å². The van der Waals surface area contributed by atoms with Crippen LogP contribution >= 0.6 is 39.1 Å². The van der Waals surface area contributed by atoms with Crippen molar-refractivity contribution in [2.75, 3.05) is 0 Å². The van der Waals surface area contributed by atoms with Crippen LogP contribution in [0, 0.1) is 6.92 Å². The molecule has 0 aliphatic rings. The molecule has 0 aromatic heterocycles. The fraction of sp³-hybridized carbons (Fsp3) is 0.222. The maximum Gasteiger partial charge on any atom is 0.255 e. The van der Waals surface area contributed by atoms with E-state index in [9.17, 15) is 8.78 Å². The van der Waals surface area contributed by atoms with E-state index in [1.54, 1.807) is 12.1 Å². The normalized spacial score (nSPS) is 13.5. The number of alkyl halides is 2. The van der Waals surface area contributed by atoms with Crippen LogP contribution in [-0.2, 0) is 0 Å². The predicted octanol–water partition coefficient (Wildman–Crippen LogP) is 7.52. The van der Waals surface area contributed by atoms with Crippen molar-refractivity contribution < 1.29 is 8.78 Å². The van der Waals surface area contributed by atoms with Crippen molar-refractivity contribution in [1.82, 2.24) is 0 Å². The minimum Gasteiger partial charge on any atom is -0.206 e. The molecule has 5 heteroatoms. The Kier molecular flexibility index (Phi) is 5.88. The molecule has 1 atom stereocenters. The second-order valence-electron chi connectivity index (χ2n) is 5.48. The molecule has 2 aromatic carbocycles. The van der Waals surface area contributed by atoms with Gasteiger partial charge in [-0.25, -0.2) is 8.78 Å². The number of hydrogen-bond donors (Lipinski definition) is 0. The first kappa shape index (κ1) is 18.4. The highest BCUT2D eigenvalue weighted by atomic mass is 79.9. The lowest BCUT2D eigenvalue weighted by Gasteiger charge is -2.21. The summed E-state index contributed by atoms with van der Waals surface area (Å²) in [7, 11) is 0. The van der Waals surface area contributed by atoms with Crippen LogP contribution in [0.2, 0.25) is 10.0 Å². The van der Waals surface area contributed by atoms with Gasteiger partial charge < -0.3 is 0 Å². The van der Waals surface area contributed by atoms with Gasteiger partial charge in [-0.05, 0) is 41.8 Å². The first-order chi connectivity index (χ1) is 10.7. The number of halogens is 5. The first-order valence-electron chi connectivity index (χ1n) is 6.95. The average Bonchev–Trinajstić information content (AvgIpc) is 2.45. The molecule has 23 heavy (non-hydrogen) atoms. The molecule has 0 bridgehead atoms. The fourth-order valence-electron chi connectivity index (χ4n) is 2.20. The monoisotopic (exact) mass is 418 g/mol. The Morgan fingerprint density at radius 1 is 1.09 bits per heavy atom. The summed E-state index contributed by atoms with van der Waals surface area (Å²) in [6, 6.07) is 10.3. The summed E-state index contributed by atoms with van der Waals surface area (Å²) in [6.45, 7) is 2.87. The minimum absolute atomic E-state index is 0.268. The van der Waals surface area contributed by atoms with Gasteiger partial charge in [0.1, 0.15) is 0 Å². The van der Waals surface area contributed by atoms with E-state index in [0.29, 0.717) is 10.6 Å². The Balaban J connectivity index is 2.37. The molecule has 0 N–H and O–H groups in total. The lowest BCUT2D eigenvalue weighted by atomic mass is 9.92. The van der Waals surface area contributed by atoms with E-state index in [-0.39, 0.29) is 5.02 Å². The number of hydrogen-bond acceptors (Lipinski definition) is 0. The quantitative estimate of drug-likeness (QED) is 0.480. The molecule has 0 heterocycles. The van der Waals surface area contributed by atoms with Crippen molar-refractivity contribution in [2.24, 2.45) is 0 Å². The first-order valence-corrected chi connectivity index (χ1v) is 8.50. The summed E-state index contributed by atoms with van der Waals surface area (Å²) >= 11 is 15.3. The third-order valence-corrected chi connectivity index (χ3v) is 5.12. The summed E-state index contributed by atoms with van der Waals surface area (Å²) < 4.78 is 29.0. The molecular formula is C18H15BrCl2F2. The molecule has 122 valence electrons. The van der Waals surface area contributed by atoms with Gasteiger partial charge in [-0.1, -0.05) is 69.5 Å². The summed E-state index contributed by atoms with van der Waals surface area (Å²) in [4.78, 5) is 0. The highest BCUT2D eigenvalue weighted by Crippen LogP contribution is 2.37. The van der Waals surface area contributed by atoms with Gasteiger partial charge in [0.25, 0.3) is 5.92 Å². The molecule has 0 amide bonds. The van der Waals surface area contributed by atoms with Crippen molar-refractivity contribution in [3.05, 3.63) is 73.7 Å². The van der Waals surface area contributed by atoms with Crippen LogP contribution in [-0.4, -0.2) is 5.92 Å². The Hall–Kier alpha value is -0.900. The Morgan fingerprint density at radius 2 is 1.78 bits per heavy atom. The molecule has 0 spiro atoms. The topological polar surface area (TPSA) is 0 Å². The van der Waals surface area contributed by atoms with Gasteiger partial charge in [-0.15, -0.1) is 0 Å². The minimum atomic E-state index is -2.92. The van der Waals surface area contributed by atoms with Crippen LogP contribution in [0.5, 0.6) is 0 Å². The highest BCUT2D eigenvalue weighted by molar-refractivity contribution is 9.10. The van der Waals surface area contributed by atoms with Crippen molar-refractivity contribution >= 4 is 45.2 Å². The Bertz CT molecular complexity index is 736. The smallest absolute Gasteiger partial charge is 0.206 e. The largest absolute Gasteiger partial charge is 0.255 e. The molecule has 1 unspecified atom stereocenters. The van der Waals surface area contributed by atoms with Crippen LogP contribution in [0.3, 0.4) is 0 Å². The molecule has 0 saturated carbocycles. The van der Waals surface area contributed by atoms with Gasteiger partial charge >= 0.3 is 0 Å². The lowest BCUT2D eigenvalue weighted by molar-refractivity contribution is 0.00699. The van der Waals surface area contributed by atoms with Gasteiger partial charge in [-0.2, -0.15) is 0 Å². The zero-order valence-electron chi connectivity index (χ0n) is 12.6. The maximum atomic E-state index is 14.0. The molecule has 2 rings (SSSR count). The second-order valence-corrected chi connectivity index (χ2v) is 7.14. The van der Waals surface area contributed by atoms with E-state index in [2.05, 4.69) is 15.9 Å². The van der Waals surface area contributed by atoms with E-state index < -0.39 is 11.8 Å². The van der Waals surface area contributed by atoms with Crippen LogP contribution in [0.15, 0.2) is 46.9 Å². The average molecular weight is 420 g/mol. The third kappa shape index (κ3) is 4.79. The van der Waals surface area contributed by atoms with E-state index >= 15 is 0 Å². The second kappa shape index (κ2) is 7.33. The molecule has 0 saturated heterocycles. The van der Waals surface area contributed by atoms with Crippen molar-refractivity contribution in [3.8, 4) is 0 Å². The maximum absolute atomic E-state index is 14.0. The molecule has 2 aromatic rings. The Morgan fingerprint density at radius 3 is 2.35 bits per heavy atom. The number of allylic oxidation sites excluding steroid dienone is 1. The number of aryl methyl sites for hydroxylation is 1. The summed E-state index contributed by atoms with van der Waals surface area (Å²) in [5.41, 5.74) is 2.36. The predicted molar refractivity (Wildman–Crippen MR) is 97.7 cm³/mol. The standard InChI is InChI=1S/C18H15BrCl2F2/c1-11-3-4-12(9-15(11)19)5-7-14(18(2,22)23)13-6-8-16(20)17(21)10-13/h3-10,14H,1-2H3/b7-5+. The van der Waals surface area contributed by atoms with Gasteiger partial charge in [0, 0.05) is 11.4 Å². The summed E-state index contributed by atoms with van der Waals surface area (Å²) in [5, 5.41) is 0.616. The lowest BCUT2D eigenvalue weighted by Crippen LogP contribution is -2.20. The van der Waals surface area contributed by atoms with Crippen molar-refractivity contribution in [1.29, 1.82) is 0 Å². The summed E-state index contributed by atoms with van der Waals surface area (Å²) in [6.07, 6.45) is 3.19. The van der Waals surface area contributed by atoms with Crippen LogP contribution in [0.4, 0.5) is 8.78 Å². The van der Waals surface area contributed by atoms with Crippen LogP contribution in [0.1, 0.15) is 29.5 Å². The van der Waals surface area contributed by atoms with Crippen LogP contribution < -0.4 is 0 Å². The third-order valence-electron chi connectivity index (χ3n) is 3.53. The molecule has 0 nitrogen and oxygen atoms in total. The van der Waals surface area contributed by atoms with E-state index in [1.165, 1.54) is 18.2 Å². The molecule has 0 aliphatic heterocycles. The van der Waals surface area contributed by atoms with Crippen molar-refractivity contribution in [2.45, 2.75) is 25.7 Å². The molecular weight excluding hydrogens is 405 g/mol. The zero-order valence-corrected chi connectivity index (χ0v) is 15.7. The molecule has 0 radical (unpaired) electrons. The number of benzene rings is 2. The fourth-order valence-corrected chi connectivity index (χ4v) is 2.90. The van der Waals surface area contributed by atoms with E-state index in [4.69, 9.17) is 23.2 Å². The van der Waals surface area contributed by atoms with Crippen molar-refractivity contribution in [3.63, 3.8) is 0 Å². The van der Waals surface area contributed by atoms with E-state index in [0.717, 1.165) is 22.5 Å². The van der Waals surface area contributed by atoms with Gasteiger partial charge in [0.05, 0.1) is 16.0 Å². The molecule has 0 aliphatic carbocycles. The summed E-state index contributed by atoms with van der Waals surface area (Å²) in [5.74, 6) is -4.01.